The number of carboxylic acids is 1. The van der Waals surface area contributed by atoms with Crippen LogP contribution in [-0.2, 0) is 9.63 Å². The molecule has 0 bridgehead atoms. The van der Waals surface area contributed by atoms with Crippen molar-refractivity contribution in [3.63, 3.8) is 0 Å². The molecule has 0 amide bonds. The molecule has 21 heavy (non-hydrogen) atoms. The number of carboxylic acid groups (broad SMARTS) is 1. The monoisotopic (exact) mass is 285 g/mol. The number of aliphatic carboxylic acids is 1. The van der Waals surface area contributed by atoms with E-state index in [1.165, 1.54) is 0 Å². The van der Waals surface area contributed by atoms with Crippen molar-refractivity contribution >= 4 is 11.7 Å². The Morgan fingerprint density at radius 3 is 2.71 bits per heavy atom. The van der Waals surface area contributed by atoms with E-state index in [-0.39, 0.29) is 13.0 Å². The maximum Gasteiger partial charge on any atom is 0.303 e. The van der Waals surface area contributed by atoms with Gasteiger partial charge in [-0.05, 0) is 6.42 Å². The maximum atomic E-state index is 10.4. The van der Waals surface area contributed by atoms with Crippen molar-refractivity contribution in [3.05, 3.63) is 60.2 Å². The summed E-state index contributed by atoms with van der Waals surface area (Å²) in [6.45, 7) is 0.239. The number of aromatic nitrogens is 2. The molecule has 1 N–H and O–H groups in total. The van der Waals surface area contributed by atoms with Crippen LogP contribution in [0.4, 0.5) is 0 Å². The molecular formula is C15H15N3O3. The van der Waals surface area contributed by atoms with Gasteiger partial charge in [-0.3, -0.25) is 14.8 Å². The van der Waals surface area contributed by atoms with Crippen molar-refractivity contribution in [2.75, 3.05) is 6.61 Å². The van der Waals surface area contributed by atoms with Crippen LogP contribution in [0.25, 0.3) is 0 Å². The van der Waals surface area contributed by atoms with E-state index in [0.717, 1.165) is 5.56 Å². The van der Waals surface area contributed by atoms with Crippen molar-refractivity contribution in [3.8, 4) is 0 Å². The summed E-state index contributed by atoms with van der Waals surface area (Å²) in [5.74, 6) is -0.847. The zero-order valence-electron chi connectivity index (χ0n) is 11.3. The van der Waals surface area contributed by atoms with Crippen LogP contribution in [0.2, 0.25) is 0 Å². The molecule has 6 heteroatoms. The van der Waals surface area contributed by atoms with Crippen LogP contribution in [0.3, 0.4) is 0 Å². The fourth-order valence-electron chi connectivity index (χ4n) is 1.66. The van der Waals surface area contributed by atoms with Crippen LogP contribution < -0.4 is 0 Å². The topological polar surface area (TPSA) is 84.7 Å². The number of benzene rings is 1. The first kappa shape index (κ1) is 14.6. The lowest BCUT2D eigenvalue weighted by Gasteiger charge is -2.06. The number of carbonyl (C=O) groups is 1. The lowest BCUT2D eigenvalue weighted by atomic mass is 10.1. The quantitative estimate of drug-likeness (QED) is 0.478. The zero-order chi connectivity index (χ0) is 14.9. The molecule has 2 aromatic rings. The van der Waals surface area contributed by atoms with Crippen LogP contribution >= 0.6 is 0 Å². The van der Waals surface area contributed by atoms with Crippen LogP contribution in [-0.4, -0.2) is 33.4 Å². The van der Waals surface area contributed by atoms with Crippen LogP contribution in [0, 0.1) is 0 Å². The average molecular weight is 285 g/mol. The van der Waals surface area contributed by atoms with Crippen LogP contribution in [0.5, 0.6) is 0 Å². The summed E-state index contributed by atoms with van der Waals surface area (Å²) in [7, 11) is 0. The van der Waals surface area contributed by atoms with Crippen molar-refractivity contribution < 1.29 is 14.7 Å². The summed E-state index contributed by atoms with van der Waals surface area (Å²) in [6, 6.07) is 9.49. The zero-order valence-corrected chi connectivity index (χ0v) is 11.3. The van der Waals surface area contributed by atoms with Gasteiger partial charge in [-0.1, -0.05) is 35.5 Å². The molecular weight excluding hydrogens is 270 g/mol. The van der Waals surface area contributed by atoms with E-state index in [1.54, 1.807) is 18.6 Å². The molecule has 0 unspecified atom stereocenters. The highest BCUT2D eigenvalue weighted by molar-refractivity contribution is 6.11. The predicted octanol–water partition coefficient (Wildman–Crippen LogP) is 2.11. The first-order valence-electron chi connectivity index (χ1n) is 6.51. The number of nitrogens with zero attached hydrogens (tertiary/aromatic N) is 3. The molecule has 0 saturated heterocycles. The van der Waals surface area contributed by atoms with E-state index >= 15 is 0 Å². The van der Waals surface area contributed by atoms with Gasteiger partial charge in [-0.2, -0.15) is 0 Å². The average Bonchev–Trinajstić information content (AvgIpc) is 2.52. The van der Waals surface area contributed by atoms with E-state index < -0.39 is 5.97 Å². The second-order valence-electron chi connectivity index (χ2n) is 4.23. The highest BCUT2D eigenvalue weighted by atomic mass is 16.6. The molecule has 0 aliphatic heterocycles. The Labute approximate surface area is 122 Å². The first-order chi connectivity index (χ1) is 10.3. The summed E-state index contributed by atoms with van der Waals surface area (Å²) in [5.41, 5.74) is 2.03. The van der Waals surface area contributed by atoms with Crippen molar-refractivity contribution in [2.45, 2.75) is 12.8 Å². The van der Waals surface area contributed by atoms with Gasteiger partial charge in [0.2, 0.25) is 0 Å². The molecule has 1 aromatic carbocycles. The molecule has 0 atom stereocenters. The molecule has 0 radical (unpaired) electrons. The van der Waals surface area contributed by atoms with E-state index in [1.807, 2.05) is 30.3 Å². The smallest absolute Gasteiger partial charge is 0.303 e. The van der Waals surface area contributed by atoms with Gasteiger partial charge in [0.05, 0.1) is 6.20 Å². The molecule has 0 aliphatic rings. The minimum Gasteiger partial charge on any atom is -0.481 e. The number of hydrogen-bond donors (Lipinski definition) is 1. The third-order valence-electron chi connectivity index (χ3n) is 2.64. The van der Waals surface area contributed by atoms with E-state index in [2.05, 4.69) is 15.1 Å². The third kappa shape index (κ3) is 4.68. The Morgan fingerprint density at radius 2 is 2.05 bits per heavy atom. The SMILES string of the molecule is O=C(O)CCCO/N=C(\c1ccccc1)c1cnccn1. The van der Waals surface area contributed by atoms with Gasteiger partial charge in [0.25, 0.3) is 0 Å². The predicted molar refractivity (Wildman–Crippen MR) is 76.9 cm³/mol. The van der Waals surface area contributed by atoms with Crippen molar-refractivity contribution in [1.82, 2.24) is 9.97 Å². The number of oxime groups is 1. The normalized spacial score (nSPS) is 11.1. The van der Waals surface area contributed by atoms with Gasteiger partial charge in [-0.25, -0.2) is 0 Å². The minimum absolute atomic E-state index is 0.0569. The van der Waals surface area contributed by atoms with Crippen molar-refractivity contribution in [1.29, 1.82) is 0 Å². The van der Waals surface area contributed by atoms with Crippen molar-refractivity contribution in [2.24, 2.45) is 5.16 Å². The van der Waals surface area contributed by atoms with Gasteiger partial charge in [0, 0.05) is 24.4 Å². The van der Waals surface area contributed by atoms with Gasteiger partial charge >= 0.3 is 5.97 Å². The molecule has 0 spiro atoms. The molecule has 1 heterocycles. The number of hydrogen-bond acceptors (Lipinski definition) is 5. The summed E-state index contributed by atoms with van der Waals surface area (Å²) < 4.78 is 0. The Balaban J connectivity index is 2.11. The van der Waals surface area contributed by atoms with Crippen LogP contribution in [0.1, 0.15) is 24.1 Å². The molecule has 2 rings (SSSR count). The Hall–Kier alpha value is -2.76. The molecule has 0 aliphatic carbocycles. The lowest BCUT2D eigenvalue weighted by molar-refractivity contribution is -0.137. The standard InChI is InChI=1S/C15H15N3O3/c19-14(20)7-4-10-21-18-15(12-5-2-1-3-6-12)13-11-16-8-9-17-13/h1-3,5-6,8-9,11H,4,7,10H2,(H,19,20)/b18-15+. The second kappa shape index (κ2) is 7.74. The molecule has 0 saturated carbocycles. The molecule has 108 valence electrons. The van der Waals surface area contributed by atoms with Gasteiger partial charge < -0.3 is 9.94 Å². The fourth-order valence-corrected chi connectivity index (χ4v) is 1.66. The fraction of sp³-hybridized carbons (Fsp3) is 0.200. The second-order valence-corrected chi connectivity index (χ2v) is 4.23. The van der Waals surface area contributed by atoms with Crippen LogP contribution in [0.15, 0.2) is 54.1 Å². The highest BCUT2D eigenvalue weighted by Crippen LogP contribution is 2.08. The maximum absolute atomic E-state index is 10.4. The van der Waals surface area contributed by atoms with Gasteiger partial charge in [0.1, 0.15) is 18.0 Å². The minimum atomic E-state index is -0.847. The largest absolute Gasteiger partial charge is 0.481 e. The Kier molecular flexibility index (Phi) is 5.40. The highest BCUT2D eigenvalue weighted by Gasteiger charge is 2.09. The van der Waals surface area contributed by atoms with E-state index in [4.69, 9.17) is 9.94 Å². The summed E-state index contributed by atoms with van der Waals surface area (Å²) >= 11 is 0. The van der Waals surface area contributed by atoms with Gasteiger partial charge in [0.15, 0.2) is 0 Å². The van der Waals surface area contributed by atoms with E-state index in [9.17, 15) is 4.79 Å². The van der Waals surface area contributed by atoms with E-state index in [0.29, 0.717) is 17.8 Å². The number of rotatable bonds is 7. The Morgan fingerprint density at radius 1 is 1.24 bits per heavy atom. The third-order valence-corrected chi connectivity index (χ3v) is 2.64. The molecule has 6 nitrogen and oxygen atoms in total. The van der Waals surface area contributed by atoms with Gasteiger partial charge in [-0.15, -0.1) is 0 Å². The molecule has 0 fully saturated rings. The first-order valence-corrected chi connectivity index (χ1v) is 6.51. The summed E-state index contributed by atoms with van der Waals surface area (Å²) in [4.78, 5) is 23.9. The lowest BCUT2D eigenvalue weighted by Crippen LogP contribution is -2.07. The summed E-state index contributed by atoms with van der Waals surface area (Å²) in [5, 5.41) is 12.7. The Bertz CT molecular complexity index is 559. The molecule has 1 aromatic heterocycles. The summed E-state index contributed by atoms with van der Waals surface area (Å²) in [6.07, 6.45) is 5.23.